The molecule has 0 unspecified atom stereocenters. The summed E-state index contributed by atoms with van der Waals surface area (Å²) in [6.07, 6.45) is -0.679. The van der Waals surface area contributed by atoms with Crippen molar-refractivity contribution in [3.05, 3.63) is 139 Å². The number of nitrogens with one attached hydrogen (secondary N) is 3. The molecule has 3 aliphatic rings. The van der Waals surface area contributed by atoms with Crippen LogP contribution in [0.15, 0.2) is 89.2 Å². The number of hydrogen-bond acceptors (Lipinski definition) is 13. The molecule has 0 radical (unpaired) electrons. The fourth-order valence-electron chi connectivity index (χ4n) is 10.7. The van der Waals surface area contributed by atoms with Crippen LogP contribution in [-0.4, -0.2) is 129 Å². The lowest BCUT2D eigenvalue weighted by Gasteiger charge is -2.36. The number of carbonyl (C=O) groups excluding carboxylic acids is 5. The second kappa shape index (κ2) is 24.5. The molecule has 3 aromatic carbocycles. The van der Waals surface area contributed by atoms with Crippen molar-refractivity contribution in [2.75, 3.05) is 50.8 Å². The highest BCUT2D eigenvalue weighted by Crippen LogP contribution is 2.40. The number of carbonyl (C=O) groups is 5. The number of benzene rings is 3. The zero-order chi connectivity index (χ0) is 57.2. The van der Waals surface area contributed by atoms with Crippen LogP contribution in [0, 0.1) is 33.1 Å². The molecule has 422 valence electrons. The van der Waals surface area contributed by atoms with Gasteiger partial charge in [0.15, 0.2) is 5.82 Å². The summed E-state index contributed by atoms with van der Waals surface area (Å²) in [6, 6.07) is 22.6. The number of aliphatic hydroxyl groups is 1. The Labute approximate surface area is 480 Å². The van der Waals surface area contributed by atoms with Crippen LogP contribution in [0.4, 0.5) is 5.69 Å². The Kier molecular flexibility index (Phi) is 17.8. The van der Waals surface area contributed by atoms with Crippen molar-refractivity contribution < 1.29 is 33.8 Å². The Bertz CT molecular complexity index is 3270. The number of rotatable bonds is 17. The lowest BCUT2D eigenvalue weighted by molar-refractivity contribution is -0.144. The van der Waals surface area contributed by atoms with Crippen molar-refractivity contribution >= 4 is 75.2 Å². The second-order valence-corrected chi connectivity index (χ2v) is 24.8. The molecule has 17 nitrogen and oxygen atoms in total. The minimum Gasteiger partial charge on any atom is -0.391 e. The van der Waals surface area contributed by atoms with E-state index in [1.807, 2.05) is 119 Å². The second-order valence-electron chi connectivity index (χ2n) is 22.2. The third-order valence-electron chi connectivity index (χ3n) is 15.4. The number of aliphatic imine (C=N–C) groups is 1. The summed E-state index contributed by atoms with van der Waals surface area (Å²) >= 11 is 9.63. The standard InChI is InChI=1S/C60H71ClN10O7S2/c1-34-23-29-79-54(34)43-12-10-40(11-13-43)37(4)63-57(76)48-30-46(72)32-70(48)58(77)55(60(7,8)9)65-50(74)33-78-28-22-51(75)69-26-24-68(25-27-69)45-20-16-41(17-21-45)36(3)62-49(73)31-47-56-67-66-39(6)71(56)59-52(35(2)38(5)80-59)53(64-47)42-14-18-44(61)19-15-42/h10-21,23,29,36-37,46-48,55,72H,22,24-28,30-33H2,1-9H3,(H,62,73)(H,63,76)(H,65,74)/t36-,37-,46+,47-,48-,55+/m0/s1. The first kappa shape index (κ1) is 57.9. The monoisotopic (exact) mass is 1140 g/mol. The summed E-state index contributed by atoms with van der Waals surface area (Å²) in [4.78, 5) is 81.4. The van der Waals surface area contributed by atoms with Gasteiger partial charge >= 0.3 is 0 Å². The number of ether oxygens (including phenoxy) is 1. The Balaban J connectivity index is 0.719. The van der Waals surface area contributed by atoms with Gasteiger partial charge in [-0.15, -0.1) is 32.9 Å². The van der Waals surface area contributed by atoms with E-state index in [0.29, 0.717) is 37.0 Å². The molecule has 2 saturated heterocycles. The van der Waals surface area contributed by atoms with E-state index < -0.39 is 41.5 Å². The molecular formula is C60H71ClN10O7S2. The van der Waals surface area contributed by atoms with Crippen LogP contribution in [0.25, 0.3) is 15.4 Å². The van der Waals surface area contributed by atoms with E-state index in [0.717, 1.165) is 55.6 Å². The number of aryl methyl sites for hydroxylation is 3. The molecule has 3 aliphatic heterocycles. The molecular weight excluding hydrogens is 1070 g/mol. The van der Waals surface area contributed by atoms with Crippen molar-refractivity contribution in [3.63, 3.8) is 0 Å². The average Bonchev–Trinajstić information content (AvgIpc) is 4.29. The van der Waals surface area contributed by atoms with E-state index in [1.54, 1.807) is 27.6 Å². The number of fused-ring (bicyclic) bond motifs is 3. The number of aliphatic hydroxyl groups excluding tert-OH is 1. The van der Waals surface area contributed by atoms with Gasteiger partial charge in [-0.3, -0.25) is 33.5 Å². The fraction of sp³-hybridized carbons (Fsp3) is 0.433. The molecule has 0 aliphatic carbocycles. The molecule has 0 saturated carbocycles. The van der Waals surface area contributed by atoms with Gasteiger partial charge in [-0.25, -0.2) is 0 Å². The van der Waals surface area contributed by atoms with Crippen LogP contribution >= 0.6 is 34.3 Å². The van der Waals surface area contributed by atoms with Crippen LogP contribution < -0.4 is 20.9 Å². The first-order valence-electron chi connectivity index (χ1n) is 27.2. The van der Waals surface area contributed by atoms with E-state index in [9.17, 15) is 29.1 Å². The predicted molar refractivity (Wildman–Crippen MR) is 314 cm³/mol. The van der Waals surface area contributed by atoms with Gasteiger partial charge in [-0.05, 0) is 110 Å². The van der Waals surface area contributed by atoms with Gasteiger partial charge in [0, 0.05) is 70.7 Å². The molecule has 3 aromatic heterocycles. The molecule has 6 aromatic rings. The van der Waals surface area contributed by atoms with Crippen LogP contribution in [0.2, 0.25) is 5.02 Å². The lowest BCUT2D eigenvalue weighted by Crippen LogP contribution is -2.58. The van der Waals surface area contributed by atoms with Crippen LogP contribution in [0.5, 0.6) is 0 Å². The molecule has 80 heavy (non-hydrogen) atoms. The maximum atomic E-state index is 14.2. The topological polar surface area (TPSA) is 204 Å². The summed E-state index contributed by atoms with van der Waals surface area (Å²) < 4.78 is 7.71. The molecule has 20 heteroatoms. The van der Waals surface area contributed by atoms with Crippen molar-refractivity contribution in [2.45, 2.75) is 118 Å². The molecule has 0 spiro atoms. The lowest BCUT2D eigenvalue weighted by atomic mass is 9.85. The summed E-state index contributed by atoms with van der Waals surface area (Å²) in [5, 5.41) is 32.4. The van der Waals surface area contributed by atoms with Crippen LogP contribution in [0.3, 0.4) is 0 Å². The minimum absolute atomic E-state index is 0.0147. The van der Waals surface area contributed by atoms with Crippen LogP contribution in [0.1, 0.15) is 122 Å². The zero-order valence-electron chi connectivity index (χ0n) is 46.8. The summed E-state index contributed by atoms with van der Waals surface area (Å²) in [5.41, 5.74) is 8.23. The Morgan fingerprint density at radius 1 is 0.812 bits per heavy atom. The number of likely N-dealkylation sites (tertiary alicyclic amines) is 1. The molecule has 2 fully saturated rings. The van der Waals surface area contributed by atoms with Crippen molar-refractivity contribution in [3.8, 4) is 15.4 Å². The number of β-amino-alcohol motifs (C(OH)–C–C–N with tert-alkyl or cyclic N) is 1. The molecule has 4 N–H and O–H groups in total. The maximum absolute atomic E-state index is 14.2. The predicted octanol–water partition coefficient (Wildman–Crippen LogP) is 8.53. The first-order valence-corrected chi connectivity index (χ1v) is 29.3. The summed E-state index contributed by atoms with van der Waals surface area (Å²) in [6.45, 7) is 19.4. The third-order valence-corrected chi connectivity index (χ3v) is 17.9. The van der Waals surface area contributed by atoms with Crippen molar-refractivity contribution in [1.29, 1.82) is 0 Å². The summed E-state index contributed by atoms with van der Waals surface area (Å²) in [5.74, 6) is -0.298. The normalized spacial score (nSPS) is 18.4. The molecule has 5 amide bonds. The fourth-order valence-corrected chi connectivity index (χ4v) is 12.9. The third kappa shape index (κ3) is 12.9. The Morgan fingerprint density at radius 2 is 1.46 bits per heavy atom. The van der Waals surface area contributed by atoms with E-state index in [1.165, 1.54) is 20.2 Å². The number of hydrogen-bond donors (Lipinski definition) is 4. The van der Waals surface area contributed by atoms with E-state index in [2.05, 4.69) is 63.3 Å². The summed E-state index contributed by atoms with van der Waals surface area (Å²) in [7, 11) is 0. The maximum Gasteiger partial charge on any atom is 0.246 e. The van der Waals surface area contributed by atoms with Gasteiger partial charge in [0.1, 0.15) is 35.6 Å². The van der Waals surface area contributed by atoms with Gasteiger partial charge in [-0.2, -0.15) is 0 Å². The molecule has 9 rings (SSSR count). The van der Waals surface area contributed by atoms with E-state index >= 15 is 0 Å². The van der Waals surface area contributed by atoms with Gasteiger partial charge in [0.25, 0.3) is 0 Å². The SMILES string of the molecule is Cc1ccsc1-c1ccc([C@H](C)NC(=O)[C@@H]2C[C@@H](O)CN2C(=O)[C@@H](NC(=O)COCCC(=O)N2CCN(c3ccc([C@H](C)NC(=O)C[C@@H]4N=C(c5ccc(Cl)cc5)c5c(sc(C)c5C)-n5c(C)nnc54)cc3)CC2)C(C)(C)C)cc1. The highest BCUT2D eigenvalue weighted by molar-refractivity contribution is 7.15. The van der Waals surface area contributed by atoms with Gasteiger partial charge in [0.2, 0.25) is 29.5 Å². The molecule has 6 heterocycles. The Hall–Kier alpha value is -6.77. The van der Waals surface area contributed by atoms with Gasteiger partial charge in [0.05, 0.1) is 43.3 Å². The van der Waals surface area contributed by atoms with Crippen molar-refractivity contribution in [2.24, 2.45) is 10.4 Å². The smallest absolute Gasteiger partial charge is 0.246 e. The Morgan fingerprint density at radius 3 is 2.11 bits per heavy atom. The molecule has 6 atom stereocenters. The van der Waals surface area contributed by atoms with Gasteiger partial charge < -0.3 is 40.5 Å². The van der Waals surface area contributed by atoms with E-state index in [-0.39, 0.29) is 68.8 Å². The number of halogens is 1. The highest BCUT2D eigenvalue weighted by Gasteiger charge is 2.45. The average molecular weight is 1140 g/mol. The largest absolute Gasteiger partial charge is 0.391 e. The van der Waals surface area contributed by atoms with Crippen LogP contribution in [-0.2, 0) is 28.7 Å². The number of thiophene rings is 2. The quantitative estimate of drug-likeness (QED) is 0.0641. The van der Waals surface area contributed by atoms with Gasteiger partial charge in [-0.1, -0.05) is 80.9 Å². The van der Waals surface area contributed by atoms with E-state index in [4.69, 9.17) is 21.3 Å². The number of amides is 5. The number of aromatic nitrogens is 3. The number of piperazine rings is 1. The number of nitrogens with zero attached hydrogens (tertiary/aromatic N) is 7. The first-order chi connectivity index (χ1) is 38.1. The molecule has 0 bridgehead atoms. The zero-order valence-corrected chi connectivity index (χ0v) is 49.2. The van der Waals surface area contributed by atoms with Crippen molar-refractivity contribution in [1.82, 2.24) is 40.5 Å². The highest BCUT2D eigenvalue weighted by atomic mass is 35.5. The number of anilines is 1. The minimum atomic E-state index is -1.02.